The van der Waals surface area contributed by atoms with Gasteiger partial charge in [0.25, 0.3) is 0 Å². The molecule has 0 radical (unpaired) electrons. The van der Waals surface area contributed by atoms with Crippen molar-refractivity contribution in [2.45, 2.75) is 19.0 Å². The van der Waals surface area contributed by atoms with Crippen LogP contribution in [0.3, 0.4) is 0 Å². The number of hydrogen-bond donors (Lipinski definition) is 2. The Morgan fingerprint density at radius 2 is 1.75 bits per heavy atom. The van der Waals surface area contributed by atoms with E-state index in [9.17, 15) is 13.2 Å². The molecular formula is C7H9F3N2. The number of allylic oxidation sites excluding steroid dienone is 3. The first kappa shape index (κ1) is 8.96. The van der Waals surface area contributed by atoms with Gasteiger partial charge in [-0.2, -0.15) is 13.2 Å². The summed E-state index contributed by atoms with van der Waals surface area (Å²) in [6, 6.07) is 0. The Kier molecular flexibility index (Phi) is 2.04. The third-order valence-corrected chi connectivity index (χ3v) is 1.73. The summed E-state index contributed by atoms with van der Waals surface area (Å²) in [5.74, 6) is 0. The number of hydrogen-bond acceptors (Lipinski definition) is 2. The summed E-state index contributed by atoms with van der Waals surface area (Å²) in [6.07, 6.45) is -3.25. The minimum Gasteiger partial charge on any atom is -0.400 e. The molecule has 0 saturated heterocycles. The fourth-order valence-corrected chi connectivity index (χ4v) is 0.990. The Bertz CT molecular complexity index is 250. The van der Waals surface area contributed by atoms with E-state index in [0.29, 0.717) is 5.70 Å². The summed E-state index contributed by atoms with van der Waals surface area (Å²) in [7, 11) is 0. The normalized spacial score (nSPS) is 19.4. The van der Waals surface area contributed by atoms with Crippen molar-refractivity contribution < 1.29 is 13.2 Å². The van der Waals surface area contributed by atoms with Crippen LogP contribution in [0.25, 0.3) is 0 Å². The Hall–Kier alpha value is -1.13. The Labute approximate surface area is 67.7 Å². The Morgan fingerprint density at radius 3 is 2.17 bits per heavy atom. The van der Waals surface area contributed by atoms with E-state index in [-0.39, 0.29) is 18.5 Å². The predicted octanol–water partition coefficient (Wildman–Crippen LogP) is 1.40. The van der Waals surface area contributed by atoms with Crippen LogP contribution in [0.2, 0.25) is 0 Å². The Balaban J connectivity index is 2.91. The molecule has 0 aromatic carbocycles. The van der Waals surface area contributed by atoms with Crippen LogP contribution >= 0.6 is 0 Å². The molecule has 0 unspecified atom stereocenters. The third kappa shape index (κ3) is 1.72. The molecule has 0 saturated carbocycles. The summed E-state index contributed by atoms with van der Waals surface area (Å²) in [4.78, 5) is 0. The molecule has 1 rings (SSSR count). The van der Waals surface area contributed by atoms with Gasteiger partial charge in [0.1, 0.15) is 0 Å². The SMILES string of the molecule is NC1=C(N)CCC(C(F)(F)F)=C1. The summed E-state index contributed by atoms with van der Waals surface area (Å²) >= 11 is 0. The molecular weight excluding hydrogens is 169 g/mol. The van der Waals surface area contributed by atoms with Crippen LogP contribution in [-0.4, -0.2) is 6.18 Å². The van der Waals surface area contributed by atoms with Gasteiger partial charge in [0.2, 0.25) is 0 Å². The molecule has 0 spiro atoms. The molecule has 68 valence electrons. The van der Waals surface area contributed by atoms with E-state index < -0.39 is 11.7 Å². The van der Waals surface area contributed by atoms with Crippen molar-refractivity contribution in [2.24, 2.45) is 11.5 Å². The lowest BCUT2D eigenvalue weighted by molar-refractivity contribution is -0.0942. The first-order valence-electron chi connectivity index (χ1n) is 3.43. The number of alkyl halides is 3. The second-order valence-electron chi connectivity index (χ2n) is 2.65. The van der Waals surface area contributed by atoms with E-state index in [1.165, 1.54) is 0 Å². The number of halogens is 3. The van der Waals surface area contributed by atoms with Gasteiger partial charge in [-0.25, -0.2) is 0 Å². The van der Waals surface area contributed by atoms with E-state index in [0.717, 1.165) is 6.08 Å². The summed E-state index contributed by atoms with van der Waals surface area (Å²) in [5, 5.41) is 0. The zero-order valence-corrected chi connectivity index (χ0v) is 6.28. The molecule has 1 aliphatic rings. The molecule has 0 aromatic heterocycles. The van der Waals surface area contributed by atoms with Gasteiger partial charge in [0, 0.05) is 11.3 Å². The van der Waals surface area contributed by atoms with Crippen LogP contribution < -0.4 is 11.5 Å². The summed E-state index contributed by atoms with van der Waals surface area (Å²) in [6.45, 7) is 0. The predicted molar refractivity (Wildman–Crippen MR) is 38.8 cm³/mol. The van der Waals surface area contributed by atoms with Crippen LogP contribution in [-0.2, 0) is 0 Å². The van der Waals surface area contributed by atoms with E-state index in [4.69, 9.17) is 11.5 Å². The van der Waals surface area contributed by atoms with Crippen molar-refractivity contribution in [1.29, 1.82) is 0 Å². The highest BCUT2D eigenvalue weighted by molar-refractivity contribution is 5.31. The van der Waals surface area contributed by atoms with Crippen molar-refractivity contribution >= 4 is 0 Å². The molecule has 0 amide bonds. The van der Waals surface area contributed by atoms with Crippen LogP contribution in [0.5, 0.6) is 0 Å². The standard InChI is InChI=1S/C7H9F3N2/c8-7(9,10)4-1-2-5(11)6(12)3-4/h3H,1-2,11-12H2. The van der Waals surface area contributed by atoms with Crippen molar-refractivity contribution in [1.82, 2.24) is 0 Å². The first-order chi connectivity index (χ1) is 5.41. The van der Waals surface area contributed by atoms with Crippen molar-refractivity contribution in [2.75, 3.05) is 0 Å². The molecule has 0 atom stereocenters. The average molecular weight is 178 g/mol. The molecule has 0 heterocycles. The largest absolute Gasteiger partial charge is 0.412 e. The van der Waals surface area contributed by atoms with Gasteiger partial charge in [-0.1, -0.05) is 0 Å². The minimum absolute atomic E-state index is 0.0357. The third-order valence-electron chi connectivity index (χ3n) is 1.73. The van der Waals surface area contributed by atoms with Crippen LogP contribution in [0.4, 0.5) is 13.2 Å². The first-order valence-corrected chi connectivity index (χ1v) is 3.43. The minimum atomic E-state index is -4.27. The highest BCUT2D eigenvalue weighted by atomic mass is 19.4. The van der Waals surface area contributed by atoms with Gasteiger partial charge in [0.05, 0.1) is 5.70 Å². The van der Waals surface area contributed by atoms with Crippen molar-refractivity contribution in [3.05, 3.63) is 23.0 Å². The fraction of sp³-hybridized carbons (Fsp3) is 0.429. The van der Waals surface area contributed by atoms with Gasteiger partial charge >= 0.3 is 6.18 Å². The summed E-state index contributed by atoms with van der Waals surface area (Å²) < 4.78 is 36.2. The molecule has 0 aromatic rings. The Morgan fingerprint density at radius 1 is 1.17 bits per heavy atom. The molecule has 2 nitrogen and oxygen atoms in total. The van der Waals surface area contributed by atoms with E-state index in [1.54, 1.807) is 0 Å². The maximum Gasteiger partial charge on any atom is 0.412 e. The maximum atomic E-state index is 12.1. The second kappa shape index (κ2) is 2.73. The smallest absolute Gasteiger partial charge is 0.400 e. The topological polar surface area (TPSA) is 52.0 Å². The van der Waals surface area contributed by atoms with Crippen LogP contribution in [0.15, 0.2) is 23.0 Å². The zero-order valence-electron chi connectivity index (χ0n) is 6.28. The van der Waals surface area contributed by atoms with Gasteiger partial charge in [-0.3, -0.25) is 0 Å². The van der Waals surface area contributed by atoms with Crippen LogP contribution in [0, 0.1) is 0 Å². The molecule has 0 fully saturated rings. The molecule has 4 N–H and O–H groups in total. The van der Waals surface area contributed by atoms with Gasteiger partial charge in [-0.15, -0.1) is 0 Å². The van der Waals surface area contributed by atoms with Crippen LogP contribution in [0.1, 0.15) is 12.8 Å². The fourth-order valence-electron chi connectivity index (χ4n) is 0.990. The van der Waals surface area contributed by atoms with Crippen molar-refractivity contribution in [3.63, 3.8) is 0 Å². The monoisotopic (exact) mass is 178 g/mol. The average Bonchev–Trinajstić information content (AvgIpc) is 1.92. The van der Waals surface area contributed by atoms with Gasteiger partial charge in [-0.05, 0) is 18.9 Å². The van der Waals surface area contributed by atoms with Gasteiger partial charge < -0.3 is 11.5 Å². The molecule has 5 heteroatoms. The number of rotatable bonds is 0. The molecule has 1 aliphatic carbocycles. The molecule has 12 heavy (non-hydrogen) atoms. The van der Waals surface area contributed by atoms with Crippen molar-refractivity contribution in [3.8, 4) is 0 Å². The quantitative estimate of drug-likeness (QED) is 0.589. The van der Waals surface area contributed by atoms with Gasteiger partial charge in [0.15, 0.2) is 0 Å². The van der Waals surface area contributed by atoms with E-state index in [1.807, 2.05) is 0 Å². The number of nitrogens with two attached hydrogens (primary N) is 2. The molecule has 0 bridgehead atoms. The lowest BCUT2D eigenvalue weighted by Crippen LogP contribution is -2.19. The molecule has 0 aliphatic heterocycles. The second-order valence-corrected chi connectivity index (χ2v) is 2.65. The maximum absolute atomic E-state index is 12.1. The van der Waals surface area contributed by atoms with E-state index in [2.05, 4.69) is 0 Å². The lowest BCUT2D eigenvalue weighted by atomic mass is 10.0. The zero-order chi connectivity index (χ0) is 9.35. The summed E-state index contributed by atoms with van der Waals surface area (Å²) in [5.41, 5.74) is 10.3. The highest BCUT2D eigenvalue weighted by Crippen LogP contribution is 2.32. The van der Waals surface area contributed by atoms with E-state index >= 15 is 0 Å². The highest BCUT2D eigenvalue weighted by Gasteiger charge is 2.34. The lowest BCUT2D eigenvalue weighted by Gasteiger charge is -2.17.